The summed E-state index contributed by atoms with van der Waals surface area (Å²) in [6.45, 7) is 18.1. The summed E-state index contributed by atoms with van der Waals surface area (Å²) < 4.78 is 12.4. The number of aryl methyl sites for hydroxylation is 2. The minimum atomic E-state index is -1.21. The van der Waals surface area contributed by atoms with Crippen molar-refractivity contribution in [2.45, 2.75) is 71.2 Å². The quantitative estimate of drug-likeness (QED) is 0.319. The number of hydrogen-bond acceptors (Lipinski definition) is 6. The first-order chi connectivity index (χ1) is 22.1. The van der Waals surface area contributed by atoms with Gasteiger partial charge in [0.2, 0.25) is 11.8 Å². The third-order valence-electron chi connectivity index (χ3n) is 9.90. The lowest BCUT2D eigenvalue weighted by molar-refractivity contribution is -0.145. The fourth-order valence-corrected chi connectivity index (χ4v) is 7.95. The average molecular weight is 630 g/mol. The Morgan fingerprint density at radius 3 is 2.26 bits per heavy atom. The van der Waals surface area contributed by atoms with Crippen molar-refractivity contribution in [2.24, 2.45) is 17.8 Å². The third-order valence-corrected chi connectivity index (χ3v) is 9.90. The van der Waals surface area contributed by atoms with Crippen LogP contribution in [0.5, 0.6) is 5.75 Å². The van der Waals surface area contributed by atoms with Gasteiger partial charge in [0.25, 0.3) is 5.91 Å². The number of benzene rings is 2. The first-order valence-corrected chi connectivity index (χ1v) is 16.3. The van der Waals surface area contributed by atoms with Crippen molar-refractivity contribution in [1.29, 1.82) is 0 Å². The molecule has 2 aromatic rings. The van der Waals surface area contributed by atoms with Crippen molar-refractivity contribution < 1.29 is 29.0 Å². The van der Waals surface area contributed by atoms with Gasteiger partial charge in [0.1, 0.15) is 17.4 Å². The Bertz CT molecular complexity index is 1470. The molecule has 246 valence electrons. The Labute approximate surface area is 272 Å². The number of likely N-dealkylation sites (tertiary alicyclic amines) is 1. The van der Waals surface area contributed by atoms with E-state index in [-0.39, 0.29) is 43.3 Å². The van der Waals surface area contributed by atoms with Gasteiger partial charge < -0.3 is 29.3 Å². The van der Waals surface area contributed by atoms with Crippen molar-refractivity contribution in [3.63, 3.8) is 0 Å². The highest BCUT2D eigenvalue weighted by Crippen LogP contribution is 2.59. The van der Waals surface area contributed by atoms with Gasteiger partial charge in [0, 0.05) is 24.5 Å². The molecule has 1 spiro atoms. The van der Waals surface area contributed by atoms with Crippen LogP contribution in [0.3, 0.4) is 0 Å². The predicted molar refractivity (Wildman–Crippen MR) is 179 cm³/mol. The third kappa shape index (κ3) is 5.43. The Hall–Kier alpha value is -3.95. The second-order valence-corrected chi connectivity index (χ2v) is 12.9. The van der Waals surface area contributed by atoms with Gasteiger partial charge in [-0.15, -0.1) is 13.2 Å². The smallest absolute Gasteiger partial charge is 0.253 e. The molecule has 1 N–H and O–H groups in total. The van der Waals surface area contributed by atoms with Crippen LogP contribution in [-0.2, 0) is 19.1 Å². The van der Waals surface area contributed by atoms with Crippen LogP contribution in [0.4, 0.5) is 11.4 Å². The van der Waals surface area contributed by atoms with Gasteiger partial charge in [-0.2, -0.15) is 0 Å². The Morgan fingerprint density at radius 1 is 1.07 bits per heavy atom. The van der Waals surface area contributed by atoms with Gasteiger partial charge in [-0.05, 0) is 74.9 Å². The van der Waals surface area contributed by atoms with Crippen molar-refractivity contribution in [1.82, 2.24) is 4.90 Å². The maximum Gasteiger partial charge on any atom is 0.253 e. The second kappa shape index (κ2) is 13.4. The lowest BCUT2D eigenvalue weighted by Crippen LogP contribution is -2.60. The van der Waals surface area contributed by atoms with E-state index in [1.165, 1.54) is 0 Å². The normalized spacial score (nSPS) is 25.4. The number of nitrogens with zero attached hydrogens (tertiary/aromatic N) is 3. The minimum Gasteiger partial charge on any atom is -0.494 e. The van der Waals surface area contributed by atoms with Gasteiger partial charge in [0.15, 0.2) is 0 Å². The molecule has 9 nitrogen and oxygen atoms in total. The van der Waals surface area contributed by atoms with Crippen molar-refractivity contribution in [3.05, 3.63) is 78.9 Å². The highest BCUT2D eigenvalue weighted by Gasteiger charge is 2.75. The number of rotatable bonds is 13. The zero-order chi connectivity index (χ0) is 33.3. The van der Waals surface area contributed by atoms with E-state index >= 15 is 0 Å². The number of carbonyl (C=O) groups excluding carboxylic acids is 3. The molecule has 2 unspecified atom stereocenters. The number of aliphatic hydroxyl groups excluding tert-OH is 1. The number of para-hydroxylation sites is 1. The summed E-state index contributed by atoms with van der Waals surface area (Å²) in [4.78, 5) is 49.1. The molecular formula is C37H47N3O6. The molecule has 0 aliphatic carbocycles. The van der Waals surface area contributed by atoms with E-state index in [9.17, 15) is 19.5 Å². The van der Waals surface area contributed by atoms with Crippen LogP contribution in [0.25, 0.3) is 0 Å². The fourth-order valence-electron chi connectivity index (χ4n) is 7.95. The molecule has 5 rings (SSSR count). The summed E-state index contributed by atoms with van der Waals surface area (Å²) in [5.41, 5.74) is 2.04. The van der Waals surface area contributed by atoms with Crippen LogP contribution in [-0.4, -0.2) is 77.8 Å². The van der Waals surface area contributed by atoms with Crippen molar-refractivity contribution in [2.75, 3.05) is 36.1 Å². The fraction of sp³-hybridized carbons (Fsp3) is 0.486. The first-order valence-electron chi connectivity index (χ1n) is 16.3. The largest absolute Gasteiger partial charge is 0.494 e. The molecule has 3 heterocycles. The maximum absolute atomic E-state index is 15.0. The predicted octanol–water partition coefficient (Wildman–Crippen LogP) is 4.83. The molecular weight excluding hydrogens is 582 g/mol. The summed E-state index contributed by atoms with van der Waals surface area (Å²) >= 11 is 0. The summed E-state index contributed by atoms with van der Waals surface area (Å²) in [7, 11) is 0. The van der Waals surface area contributed by atoms with Gasteiger partial charge in [-0.25, -0.2) is 0 Å². The molecule has 46 heavy (non-hydrogen) atoms. The van der Waals surface area contributed by atoms with Crippen molar-refractivity contribution >= 4 is 29.1 Å². The van der Waals surface area contributed by atoms with Crippen LogP contribution in [0.2, 0.25) is 0 Å². The van der Waals surface area contributed by atoms with Crippen LogP contribution in [0, 0.1) is 31.6 Å². The molecule has 0 aromatic heterocycles. The number of amides is 3. The van der Waals surface area contributed by atoms with Crippen LogP contribution in [0.1, 0.15) is 44.7 Å². The van der Waals surface area contributed by atoms with Gasteiger partial charge in [-0.1, -0.05) is 44.2 Å². The minimum absolute atomic E-state index is 0.153. The van der Waals surface area contributed by atoms with E-state index in [1.807, 2.05) is 77.1 Å². The highest BCUT2D eigenvalue weighted by atomic mass is 16.5. The molecule has 0 radical (unpaired) electrons. The van der Waals surface area contributed by atoms with Crippen LogP contribution < -0.4 is 14.5 Å². The zero-order valence-electron chi connectivity index (χ0n) is 27.6. The van der Waals surface area contributed by atoms with E-state index in [0.29, 0.717) is 30.9 Å². The summed E-state index contributed by atoms with van der Waals surface area (Å²) in [5, 5.41) is 10.6. The molecule has 3 fully saturated rings. The molecule has 0 saturated carbocycles. The van der Waals surface area contributed by atoms with Crippen LogP contribution >= 0.6 is 0 Å². The molecule has 3 aliphatic heterocycles. The monoisotopic (exact) mass is 629 g/mol. The molecule has 2 bridgehead atoms. The van der Waals surface area contributed by atoms with Crippen LogP contribution in [0.15, 0.2) is 67.8 Å². The summed E-state index contributed by atoms with van der Waals surface area (Å²) in [6, 6.07) is 11.5. The number of aliphatic hydroxyl groups is 1. The van der Waals surface area contributed by atoms with Gasteiger partial charge in [-0.3, -0.25) is 14.4 Å². The van der Waals surface area contributed by atoms with E-state index < -0.39 is 35.6 Å². The van der Waals surface area contributed by atoms with E-state index in [1.54, 1.807) is 26.9 Å². The zero-order valence-corrected chi connectivity index (χ0v) is 27.6. The average Bonchev–Trinajstić information content (AvgIpc) is 3.67. The van der Waals surface area contributed by atoms with E-state index in [2.05, 4.69) is 13.2 Å². The van der Waals surface area contributed by atoms with Gasteiger partial charge >= 0.3 is 0 Å². The van der Waals surface area contributed by atoms with E-state index in [4.69, 9.17) is 9.47 Å². The molecule has 3 aliphatic rings. The molecule has 3 amide bonds. The Balaban J connectivity index is 1.60. The Kier molecular flexibility index (Phi) is 9.75. The number of hydrogen-bond donors (Lipinski definition) is 1. The lowest BCUT2D eigenvalue weighted by atomic mass is 9.70. The number of anilines is 2. The highest BCUT2D eigenvalue weighted by molar-refractivity contribution is 6.07. The van der Waals surface area contributed by atoms with Crippen molar-refractivity contribution in [3.8, 4) is 5.75 Å². The second-order valence-electron chi connectivity index (χ2n) is 12.9. The van der Waals surface area contributed by atoms with Gasteiger partial charge in [0.05, 0.1) is 37.2 Å². The SMILES string of the molecule is C=CCN(C(=O)[C@@H]1[C@H]2C(=O)N([C@@H](CO)C(C)C)C(C(=O)N(CC=C)c3c(C)cccc3C)C23CC[C@H]1O3)c1ccc(OCC)cc1. The molecule has 3 saturated heterocycles. The molecule has 6 atom stereocenters. The lowest BCUT2D eigenvalue weighted by Gasteiger charge is -2.41. The Morgan fingerprint density at radius 2 is 1.70 bits per heavy atom. The standard InChI is InChI=1S/C37H47N3O6/c1-8-20-38(26-14-16-27(17-15-26)45-10-3)34(42)30-29-18-19-37(46-29)31(30)35(43)40(28(22-41)23(4)5)33(37)36(44)39(21-9-2)32-24(6)12-11-13-25(32)7/h8-9,11-17,23,28-31,33,41H,1-2,10,18-22H2,3-7H3/t28-,29+,30-,31-,33?,37?/m0/s1. The summed E-state index contributed by atoms with van der Waals surface area (Å²) in [5.74, 6) is -2.00. The maximum atomic E-state index is 15.0. The molecule has 2 aromatic carbocycles. The topological polar surface area (TPSA) is 99.6 Å². The number of carbonyl (C=O) groups is 3. The van der Waals surface area contributed by atoms with E-state index in [0.717, 1.165) is 16.8 Å². The molecule has 9 heteroatoms. The summed E-state index contributed by atoms with van der Waals surface area (Å²) in [6.07, 6.45) is 3.81. The number of fused-ring (bicyclic) bond motifs is 1. The number of ether oxygens (including phenoxy) is 2. The first kappa shape index (κ1) is 33.4.